The summed E-state index contributed by atoms with van der Waals surface area (Å²) in [6.07, 6.45) is 0.441. The fourth-order valence-electron chi connectivity index (χ4n) is 4.16. The standard InChI is InChI=1S/C24H21Cl2NO2/c1-29-22(28)21(17-18-11-5-2-6-12-18)27-23(24(27,25)26,19-13-7-3-8-14-19)20-15-9-4-10-16-20/h2-16,21H,17H2,1H3. The third kappa shape index (κ3) is 3.24. The Balaban J connectivity index is 1.85. The van der Waals surface area contributed by atoms with E-state index in [9.17, 15) is 4.79 Å². The highest BCUT2D eigenvalue weighted by Crippen LogP contribution is 2.68. The van der Waals surface area contributed by atoms with Crippen LogP contribution in [-0.2, 0) is 21.5 Å². The molecule has 0 saturated carbocycles. The molecule has 5 heteroatoms. The molecule has 2 atom stereocenters. The lowest BCUT2D eigenvalue weighted by atomic mass is 9.90. The summed E-state index contributed by atoms with van der Waals surface area (Å²) in [7, 11) is 1.39. The van der Waals surface area contributed by atoms with Crippen LogP contribution in [0, 0.1) is 0 Å². The lowest BCUT2D eigenvalue weighted by Crippen LogP contribution is -2.37. The van der Waals surface area contributed by atoms with Gasteiger partial charge in [0.15, 0.2) is 4.46 Å². The summed E-state index contributed by atoms with van der Waals surface area (Å²) in [5.74, 6) is -0.367. The number of hydrogen-bond acceptors (Lipinski definition) is 3. The number of alkyl halides is 2. The Kier molecular flexibility index (Phi) is 5.39. The van der Waals surface area contributed by atoms with Gasteiger partial charge in [-0.2, -0.15) is 0 Å². The Hall–Kier alpha value is -2.33. The average molecular weight is 426 g/mol. The second-order valence-electron chi connectivity index (χ2n) is 7.08. The third-order valence-corrected chi connectivity index (χ3v) is 6.40. The number of carbonyl (C=O) groups excluding carboxylic acids is 1. The first-order valence-electron chi connectivity index (χ1n) is 9.43. The van der Waals surface area contributed by atoms with Crippen molar-refractivity contribution in [2.75, 3.05) is 7.11 Å². The van der Waals surface area contributed by atoms with Crippen molar-refractivity contribution in [3.05, 3.63) is 108 Å². The van der Waals surface area contributed by atoms with Gasteiger partial charge in [-0.25, -0.2) is 4.90 Å². The van der Waals surface area contributed by atoms with Gasteiger partial charge in [0.25, 0.3) is 0 Å². The highest BCUT2D eigenvalue weighted by Gasteiger charge is 2.78. The van der Waals surface area contributed by atoms with Crippen LogP contribution in [0.3, 0.4) is 0 Å². The second-order valence-corrected chi connectivity index (χ2v) is 8.37. The zero-order valence-electron chi connectivity index (χ0n) is 16.0. The minimum absolute atomic E-state index is 0.367. The first-order chi connectivity index (χ1) is 14.0. The number of hydrogen-bond donors (Lipinski definition) is 0. The van der Waals surface area contributed by atoms with Crippen molar-refractivity contribution in [2.24, 2.45) is 0 Å². The van der Waals surface area contributed by atoms with Crippen molar-refractivity contribution in [3.8, 4) is 0 Å². The van der Waals surface area contributed by atoms with Gasteiger partial charge in [0.1, 0.15) is 11.6 Å². The Labute approximate surface area is 180 Å². The quantitative estimate of drug-likeness (QED) is 0.236. The van der Waals surface area contributed by atoms with Crippen LogP contribution in [-0.4, -0.2) is 28.5 Å². The van der Waals surface area contributed by atoms with E-state index in [1.807, 2.05) is 95.9 Å². The van der Waals surface area contributed by atoms with Gasteiger partial charge in [-0.15, -0.1) is 0 Å². The van der Waals surface area contributed by atoms with Crippen LogP contribution in [0.1, 0.15) is 16.7 Å². The van der Waals surface area contributed by atoms with Crippen LogP contribution >= 0.6 is 23.2 Å². The number of nitrogens with zero attached hydrogens (tertiary/aromatic N) is 1. The zero-order chi connectivity index (χ0) is 20.5. The molecule has 1 heterocycles. The van der Waals surface area contributed by atoms with Crippen molar-refractivity contribution < 1.29 is 9.53 Å². The van der Waals surface area contributed by atoms with Crippen molar-refractivity contribution in [1.29, 1.82) is 0 Å². The molecule has 4 rings (SSSR count). The Bertz CT molecular complexity index is 938. The Morgan fingerprint density at radius 3 is 1.76 bits per heavy atom. The first kappa shape index (κ1) is 20.0. The maximum absolute atomic E-state index is 12.9. The summed E-state index contributed by atoms with van der Waals surface area (Å²) in [6, 6.07) is 28.8. The van der Waals surface area contributed by atoms with E-state index in [0.29, 0.717) is 6.42 Å². The number of methoxy groups -OCH3 is 1. The summed E-state index contributed by atoms with van der Waals surface area (Å²) in [5, 5.41) is 0. The van der Waals surface area contributed by atoms with Gasteiger partial charge < -0.3 is 4.74 Å². The average Bonchev–Trinajstić information content (AvgIpc) is 3.30. The largest absolute Gasteiger partial charge is 0.468 e. The molecule has 29 heavy (non-hydrogen) atoms. The number of benzene rings is 3. The highest BCUT2D eigenvalue weighted by atomic mass is 35.5. The van der Waals surface area contributed by atoms with E-state index in [-0.39, 0.29) is 5.97 Å². The maximum atomic E-state index is 12.9. The van der Waals surface area contributed by atoms with Crippen molar-refractivity contribution in [2.45, 2.75) is 22.5 Å². The molecule has 1 fully saturated rings. The number of esters is 1. The molecule has 0 radical (unpaired) electrons. The molecule has 148 valence electrons. The molecule has 0 aliphatic carbocycles. The van der Waals surface area contributed by atoms with Gasteiger partial charge in [-0.1, -0.05) is 114 Å². The Morgan fingerprint density at radius 2 is 1.31 bits per heavy atom. The number of halogens is 2. The van der Waals surface area contributed by atoms with Crippen molar-refractivity contribution >= 4 is 29.2 Å². The topological polar surface area (TPSA) is 29.3 Å². The molecule has 2 unspecified atom stereocenters. The molecule has 1 aliphatic rings. The third-order valence-electron chi connectivity index (χ3n) is 5.49. The fraction of sp³-hybridized carbons (Fsp3) is 0.208. The maximum Gasteiger partial charge on any atom is 0.323 e. The van der Waals surface area contributed by atoms with E-state index in [2.05, 4.69) is 0 Å². The zero-order valence-corrected chi connectivity index (χ0v) is 17.5. The number of carbonyl (C=O) groups is 1. The number of ether oxygens (including phenoxy) is 1. The van der Waals surface area contributed by atoms with Crippen LogP contribution in [0.25, 0.3) is 0 Å². The molecule has 3 nitrogen and oxygen atoms in total. The van der Waals surface area contributed by atoms with Crippen LogP contribution in [0.2, 0.25) is 0 Å². The number of rotatable bonds is 6. The summed E-state index contributed by atoms with van der Waals surface area (Å²) >= 11 is 13.9. The minimum Gasteiger partial charge on any atom is -0.468 e. The summed E-state index contributed by atoms with van der Waals surface area (Å²) < 4.78 is 3.84. The minimum atomic E-state index is -1.30. The highest BCUT2D eigenvalue weighted by molar-refractivity contribution is 6.52. The monoisotopic (exact) mass is 425 g/mol. The van der Waals surface area contributed by atoms with Crippen LogP contribution in [0.4, 0.5) is 0 Å². The fourth-order valence-corrected chi connectivity index (χ4v) is 5.18. The van der Waals surface area contributed by atoms with Gasteiger partial charge >= 0.3 is 5.97 Å². The van der Waals surface area contributed by atoms with Crippen molar-refractivity contribution in [3.63, 3.8) is 0 Å². The molecular formula is C24H21Cl2NO2. The van der Waals surface area contributed by atoms with Crippen molar-refractivity contribution in [1.82, 2.24) is 4.90 Å². The van der Waals surface area contributed by atoms with Gasteiger partial charge in [0, 0.05) is 0 Å². The smallest absolute Gasteiger partial charge is 0.323 e. The molecule has 1 aliphatic heterocycles. The molecule has 0 spiro atoms. The summed E-state index contributed by atoms with van der Waals surface area (Å²) in [5.41, 5.74) is 2.01. The molecule has 3 aromatic carbocycles. The van der Waals surface area contributed by atoms with E-state index in [1.165, 1.54) is 7.11 Å². The SMILES string of the molecule is COC(=O)C(Cc1ccccc1)N1C(Cl)(Cl)C1(c1ccccc1)c1ccccc1. The Morgan fingerprint density at radius 1 is 0.862 bits per heavy atom. The molecule has 0 amide bonds. The van der Waals surface area contributed by atoms with Crippen LogP contribution < -0.4 is 0 Å². The predicted molar refractivity (Wildman–Crippen MR) is 116 cm³/mol. The van der Waals surface area contributed by atoms with Crippen LogP contribution in [0.15, 0.2) is 91.0 Å². The molecular weight excluding hydrogens is 405 g/mol. The first-order valence-corrected chi connectivity index (χ1v) is 10.2. The molecule has 0 aromatic heterocycles. The molecule has 0 bridgehead atoms. The lowest BCUT2D eigenvalue weighted by molar-refractivity contribution is -0.145. The van der Waals surface area contributed by atoms with E-state index < -0.39 is 16.0 Å². The normalized spacial score (nSPS) is 19.9. The summed E-state index contributed by atoms with van der Waals surface area (Å²) in [6.45, 7) is 0. The van der Waals surface area contributed by atoms with Gasteiger partial charge in [0.2, 0.25) is 0 Å². The second kappa shape index (κ2) is 7.83. The van der Waals surface area contributed by atoms with E-state index in [4.69, 9.17) is 27.9 Å². The summed E-state index contributed by atoms with van der Waals surface area (Å²) in [4.78, 5) is 14.7. The van der Waals surface area contributed by atoms with E-state index >= 15 is 0 Å². The van der Waals surface area contributed by atoms with Crippen LogP contribution in [0.5, 0.6) is 0 Å². The van der Waals surface area contributed by atoms with Gasteiger partial charge in [-0.05, 0) is 23.1 Å². The molecule has 3 aromatic rings. The van der Waals surface area contributed by atoms with Gasteiger partial charge in [-0.3, -0.25) is 4.79 Å². The lowest BCUT2D eigenvalue weighted by Gasteiger charge is -2.23. The van der Waals surface area contributed by atoms with Gasteiger partial charge in [0.05, 0.1) is 7.11 Å². The van der Waals surface area contributed by atoms with E-state index in [1.54, 1.807) is 0 Å². The molecule has 0 N–H and O–H groups in total. The predicted octanol–water partition coefficient (Wildman–Crippen LogP) is 5.16. The van der Waals surface area contributed by atoms with E-state index in [0.717, 1.165) is 16.7 Å². The molecule has 1 saturated heterocycles.